The molecule has 1 amide bonds. The number of halogens is 2. The minimum absolute atomic E-state index is 0.0695. The highest BCUT2D eigenvalue weighted by Gasteiger charge is 2.41. The number of amidine groups is 1. The molecule has 2 aliphatic rings. The van der Waals surface area contributed by atoms with Gasteiger partial charge in [0.1, 0.15) is 29.9 Å². The predicted octanol–water partition coefficient (Wildman–Crippen LogP) is 2.94. The van der Waals surface area contributed by atoms with Crippen LogP contribution in [-0.4, -0.2) is 59.6 Å². The number of ether oxygens (including phenoxy) is 2. The van der Waals surface area contributed by atoms with Crippen molar-refractivity contribution >= 4 is 29.5 Å². The number of benzene rings is 2. The predicted molar refractivity (Wildman–Crippen MR) is 111 cm³/mol. The highest BCUT2D eigenvalue weighted by Crippen LogP contribution is 2.46. The molecule has 2 aromatic carbocycles. The highest BCUT2D eigenvalue weighted by molar-refractivity contribution is 7.99. The van der Waals surface area contributed by atoms with E-state index < -0.39 is 37.2 Å². The van der Waals surface area contributed by atoms with Crippen LogP contribution in [0.2, 0.25) is 0 Å². The fourth-order valence-electron chi connectivity index (χ4n) is 3.57. The molecular formula is C21H19F2N3O5S. The van der Waals surface area contributed by atoms with E-state index in [0.717, 1.165) is 20.4 Å². The first-order valence-electron chi connectivity index (χ1n) is 9.67. The smallest absolute Gasteiger partial charge is 0.345 e. The van der Waals surface area contributed by atoms with Crippen molar-refractivity contribution in [3.05, 3.63) is 48.0 Å². The van der Waals surface area contributed by atoms with Crippen LogP contribution >= 0.6 is 11.8 Å². The Bertz CT molecular complexity index is 1080. The van der Waals surface area contributed by atoms with Crippen molar-refractivity contribution in [3.8, 4) is 11.5 Å². The first kappa shape index (κ1) is 22.0. The van der Waals surface area contributed by atoms with Crippen LogP contribution in [0.5, 0.6) is 11.5 Å². The third-order valence-corrected chi connectivity index (χ3v) is 6.19. The topological polar surface area (TPSA) is 114 Å². The summed E-state index contributed by atoms with van der Waals surface area (Å²) >= 11 is 1.56. The third kappa shape index (κ3) is 4.68. The van der Waals surface area contributed by atoms with Gasteiger partial charge in [-0.15, -0.1) is 0 Å². The molecule has 0 radical (unpaired) electrons. The molecule has 0 aliphatic carbocycles. The summed E-state index contributed by atoms with van der Waals surface area (Å²) in [5.41, 5.74) is 6.57. The van der Waals surface area contributed by atoms with Crippen molar-refractivity contribution in [2.45, 2.75) is 35.0 Å². The number of likely N-dealkylation sites (tertiary alicyclic amines) is 1. The summed E-state index contributed by atoms with van der Waals surface area (Å²) in [6, 6.07) is 11.6. The Hall–Kier alpha value is -3.18. The number of nitrogens with two attached hydrogens (primary N) is 1. The maximum Gasteiger partial charge on any atom is 0.345 e. The van der Waals surface area contributed by atoms with E-state index in [0.29, 0.717) is 11.3 Å². The Labute approximate surface area is 186 Å². The van der Waals surface area contributed by atoms with Crippen LogP contribution in [0.1, 0.15) is 12.0 Å². The third-order valence-electron chi connectivity index (χ3n) is 5.08. The van der Waals surface area contributed by atoms with E-state index in [1.54, 1.807) is 23.9 Å². The average Bonchev–Trinajstić information content (AvgIpc) is 3.19. The number of alkyl halides is 2. The van der Waals surface area contributed by atoms with Crippen molar-refractivity contribution in [2.75, 3.05) is 13.1 Å². The van der Waals surface area contributed by atoms with Crippen LogP contribution in [0.3, 0.4) is 0 Å². The average molecular weight is 463 g/mol. The number of para-hydroxylation sites is 1. The fourth-order valence-corrected chi connectivity index (χ4v) is 4.50. The molecule has 32 heavy (non-hydrogen) atoms. The lowest BCUT2D eigenvalue weighted by Gasteiger charge is -2.21. The largest absolute Gasteiger partial charge is 0.480 e. The summed E-state index contributed by atoms with van der Waals surface area (Å²) in [4.78, 5) is 30.9. The summed E-state index contributed by atoms with van der Waals surface area (Å²) in [5.74, 6) is -0.532. The van der Waals surface area contributed by atoms with E-state index in [9.17, 15) is 23.5 Å². The van der Waals surface area contributed by atoms with Crippen molar-refractivity contribution in [3.63, 3.8) is 0 Å². The summed E-state index contributed by atoms with van der Waals surface area (Å²) in [7, 11) is 0. The van der Waals surface area contributed by atoms with E-state index in [4.69, 9.17) is 10.5 Å². The van der Waals surface area contributed by atoms with Crippen molar-refractivity contribution in [1.29, 1.82) is 0 Å². The molecular weight excluding hydrogens is 444 g/mol. The number of carbonyl (C=O) groups excluding carboxylic acids is 1. The lowest BCUT2D eigenvalue weighted by molar-refractivity contribution is -0.160. The van der Waals surface area contributed by atoms with Crippen molar-refractivity contribution in [2.24, 2.45) is 10.7 Å². The Morgan fingerprint density at radius 1 is 1.25 bits per heavy atom. The first-order valence-corrected chi connectivity index (χ1v) is 10.5. The molecule has 11 heteroatoms. The molecule has 3 N–H and O–H groups in total. The zero-order valence-corrected chi connectivity index (χ0v) is 17.4. The maximum atomic E-state index is 12.5. The van der Waals surface area contributed by atoms with E-state index in [1.165, 1.54) is 0 Å². The van der Waals surface area contributed by atoms with E-state index in [-0.39, 0.29) is 18.8 Å². The molecule has 0 spiro atoms. The van der Waals surface area contributed by atoms with Gasteiger partial charge in [-0.2, -0.15) is 8.78 Å². The molecule has 0 saturated carbocycles. The lowest BCUT2D eigenvalue weighted by atomic mass is 10.2. The molecule has 2 aliphatic heterocycles. The molecule has 2 aromatic rings. The van der Waals surface area contributed by atoms with Crippen LogP contribution in [0.15, 0.2) is 57.2 Å². The number of hydrogen-bond donors (Lipinski definition) is 2. The number of carbonyl (C=O) groups is 2. The Morgan fingerprint density at radius 3 is 2.75 bits per heavy atom. The molecule has 2 atom stereocenters. The quantitative estimate of drug-likeness (QED) is 0.427. The van der Waals surface area contributed by atoms with Gasteiger partial charge in [-0.3, -0.25) is 9.79 Å². The van der Waals surface area contributed by atoms with Gasteiger partial charge in [-0.1, -0.05) is 23.9 Å². The van der Waals surface area contributed by atoms with E-state index in [2.05, 4.69) is 9.73 Å². The molecule has 1 saturated heterocycles. The zero-order chi connectivity index (χ0) is 22.8. The number of amides is 1. The van der Waals surface area contributed by atoms with Crippen LogP contribution in [0, 0.1) is 0 Å². The number of carboxylic acid groups (broad SMARTS) is 1. The fraction of sp³-hybridized carbons (Fsp3) is 0.286. The maximum absolute atomic E-state index is 12.5. The summed E-state index contributed by atoms with van der Waals surface area (Å²) < 4.78 is 35.2. The number of fused-ring (bicyclic) bond motifs is 2. The van der Waals surface area contributed by atoms with Gasteiger partial charge in [-0.05, 0) is 30.3 Å². The van der Waals surface area contributed by atoms with Crippen LogP contribution < -0.4 is 10.5 Å². The van der Waals surface area contributed by atoms with E-state index >= 15 is 0 Å². The minimum atomic E-state index is -3.05. The number of rotatable bonds is 6. The van der Waals surface area contributed by atoms with Gasteiger partial charge in [0.25, 0.3) is 0 Å². The summed E-state index contributed by atoms with van der Waals surface area (Å²) in [6.07, 6.45) is -1.27. The molecule has 168 valence electrons. The Kier molecular flexibility index (Phi) is 6.28. The second kappa shape index (κ2) is 9.13. The molecule has 0 bridgehead atoms. The summed E-state index contributed by atoms with van der Waals surface area (Å²) in [5, 5.41) is 9.31. The van der Waals surface area contributed by atoms with Crippen molar-refractivity contribution in [1.82, 2.24) is 4.90 Å². The normalized spacial score (nSPS) is 20.0. The number of carboxylic acids is 1. The minimum Gasteiger partial charge on any atom is -0.480 e. The molecule has 2 heterocycles. The van der Waals surface area contributed by atoms with Crippen molar-refractivity contribution < 1.29 is 33.0 Å². The standard InChI is InChI=1S/C21H19F2N3O5S/c22-21(23)30-12-8-13(20(28)29)26(10-12)18(27)9-25-19(24)11-5-6-17-15(7-11)31-14-3-1-2-4-16(14)32-17/h1-7,12-13,21H,8-10H2,(H2,24,25)(H,28,29)/t12-,13+/m1/s1. The zero-order valence-electron chi connectivity index (χ0n) is 16.6. The Morgan fingerprint density at radius 2 is 2.00 bits per heavy atom. The number of aliphatic imine (C=N–C) groups is 1. The number of aliphatic carboxylic acids is 1. The monoisotopic (exact) mass is 463 g/mol. The molecule has 0 unspecified atom stereocenters. The highest BCUT2D eigenvalue weighted by atomic mass is 32.2. The van der Waals surface area contributed by atoms with Gasteiger partial charge in [0.05, 0.1) is 15.9 Å². The van der Waals surface area contributed by atoms with Gasteiger partial charge in [0, 0.05) is 18.5 Å². The molecule has 1 fully saturated rings. The molecule has 0 aromatic heterocycles. The first-order chi connectivity index (χ1) is 15.3. The van der Waals surface area contributed by atoms with Crippen LogP contribution in [-0.2, 0) is 14.3 Å². The number of nitrogens with zero attached hydrogens (tertiary/aromatic N) is 2. The van der Waals surface area contributed by atoms with Crippen LogP contribution in [0.4, 0.5) is 8.78 Å². The van der Waals surface area contributed by atoms with Gasteiger partial charge in [-0.25, -0.2) is 4.79 Å². The van der Waals surface area contributed by atoms with E-state index in [1.807, 2.05) is 30.3 Å². The van der Waals surface area contributed by atoms with Gasteiger partial charge in [0.15, 0.2) is 0 Å². The van der Waals surface area contributed by atoms with Crippen LogP contribution in [0.25, 0.3) is 0 Å². The SMILES string of the molecule is NC(=NCC(=O)N1C[C@H](OC(F)F)C[C@H]1C(=O)O)c1ccc2c(c1)Oc1ccccc1S2. The molecule has 8 nitrogen and oxygen atoms in total. The second-order valence-electron chi connectivity index (χ2n) is 7.17. The van der Waals surface area contributed by atoms with Gasteiger partial charge in [0.2, 0.25) is 5.91 Å². The van der Waals surface area contributed by atoms with Gasteiger partial charge >= 0.3 is 12.6 Å². The lowest BCUT2D eigenvalue weighted by Crippen LogP contribution is -2.42. The molecule has 4 rings (SSSR count). The van der Waals surface area contributed by atoms with Gasteiger partial charge < -0.3 is 25.2 Å². The second-order valence-corrected chi connectivity index (χ2v) is 8.25. The number of hydrogen-bond acceptors (Lipinski definition) is 6. The Balaban J connectivity index is 1.45. The summed E-state index contributed by atoms with van der Waals surface area (Å²) in [6.45, 7) is -3.72.